The van der Waals surface area contributed by atoms with E-state index in [9.17, 15) is 4.79 Å². The second-order valence-electron chi connectivity index (χ2n) is 9.00. The molecule has 0 spiro atoms. The minimum absolute atomic E-state index is 0.189. The smallest absolute Gasteiger partial charge is 0.225 e. The number of likely N-dealkylation sites (tertiary alicyclic amines) is 1. The molecule has 8 heteroatoms. The number of nitrogens with zero attached hydrogens (tertiary/aromatic N) is 5. The molecule has 1 amide bonds. The number of carbonyl (C=O) groups excluding carboxylic acids is 1. The lowest BCUT2D eigenvalue weighted by Crippen LogP contribution is -2.37. The maximum absolute atomic E-state index is 12.7. The van der Waals surface area contributed by atoms with Gasteiger partial charge in [-0.2, -0.15) is 10.1 Å². The minimum Gasteiger partial charge on any atom is -0.351 e. The molecule has 1 aliphatic heterocycles. The second-order valence-corrected chi connectivity index (χ2v) is 9.00. The maximum atomic E-state index is 12.7. The fraction of sp³-hybridized carbons (Fsp3) is 0.417. The van der Waals surface area contributed by atoms with E-state index in [0.717, 1.165) is 79.3 Å². The van der Waals surface area contributed by atoms with Gasteiger partial charge in [0, 0.05) is 60.8 Å². The van der Waals surface area contributed by atoms with E-state index >= 15 is 0 Å². The summed E-state index contributed by atoms with van der Waals surface area (Å²) in [5.41, 5.74) is 4.06. The van der Waals surface area contributed by atoms with Gasteiger partial charge in [0.1, 0.15) is 5.65 Å². The van der Waals surface area contributed by atoms with Crippen LogP contribution >= 0.6 is 0 Å². The van der Waals surface area contributed by atoms with Gasteiger partial charge in [-0.25, -0.2) is 9.50 Å². The maximum Gasteiger partial charge on any atom is 0.225 e. The predicted molar refractivity (Wildman–Crippen MR) is 123 cm³/mol. The molecule has 32 heavy (non-hydrogen) atoms. The molecule has 0 bridgehead atoms. The number of pyridine rings is 1. The summed E-state index contributed by atoms with van der Waals surface area (Å²) < 4.78 is 1.85. The first-order chi connectivity index (χ1) is 15.7. The van der Waals surface area contributed by atoms with Gasteiger partial charge in [0.25, 0.3) is 0 Å². The summed E-state index contributed by atoms with van der Waals surface area (Å²) in [6.45, 7) is 1.89. The van der Waals surface area contributed by atoms with E-state index in [1.165, 1.54) is 0 Å². The van der Waals surface area contributed by atoms with Gasteiger partial charge in [0.15, 0.2) is 0 Å². The Kier molecular flexibility index (Phi) is 4.78. The van der Waals surface area contributed by atoms with Gasteiger partial charge in [0.2, 0.25) is 11.9 Å². The first-order valence-electron chi connectivity index (χ1n) is 11.6. The third kappa shape index (κ3) is 3.49. The van der Waals surface area contributed by atoms with E-state index in [2.05, 4.69) is 37.4 Å². The average Bonchev–Trinajstić information content (AvgIpc) is 3.59. The van der Waals surface area contributed by atoms with Crippen LogP contribution in [0.15, 0.2) is 43.0 Å². The van der Waals surface area contributed by atoms with Crippen molar-refractivity contribution in [1.82, 2.24) is 29.5 Å². The Balaban J connectivity index is 1.14. The summed E-state index contributed by atoms with van der Waals surface area (Å²) >= 11 is 0. The molecule has 5 heterocycles. The zero-order chi connectivity index (χ0) is 21.5. The molecule has 1 saturated heterocycles. The molecule has 164 valence electrons. The molecule has 6 rings (SSSR count). The second kappa shape index (κ2) is 7.93. The molecule has 1 saturated carbocycles. The first kappa shape index (κ1) is 19.3. The minimum atomic E-state index is 0.189. The summed E-state index contributed by atoms with van der Waals surface area (Å²) in [5.74, 6) is 1.20. The Labute approximate surface area is 186 Å². The van der Waals surface area contributed by atoms with Crippen molar-refractivity contribution in [3.05, 3.63) is 43.0 Å². The molecule has 2 N–H and O–H groups in total. The molecule has 4 aromatic heterocycles. The van der Waals surface area contributed by atoms with E-state index in [1.807, 2.05) is 29.2 Å². The Hall–Kier alpha value is -3.42. The standard InChI is InChI=1S/C24H27N7O/c32-23(30-10-1-2-11-30)16-3-5-18(6-4-16)28-24-26-15-21-20(14-25-22(21)29-24)17-8-12-31-19(13-17)7-9-27-31/h7-9,12-16,18H,1-6,10-11H2,(H2,25,26,28,29). The monoisotopic (exact) mass is 429 g/mol. The highest BCUT2D eigenvalue weighted by Gasteiger charge is 2.30. The summed E-state index contributed by atoms with van der Waals surface area (Å²) in [7, 11) is 0. The third-order valence-corrected chi connectivity index (χ3v) is 6.97. The average molecular weight is 430 g/mol. The quantitative estimate of drug-likeness (QED) is 0.514. The molecule has 2 aliphatic rings. The van der Waals surface area contributed by atoms with E-state index < -0.39 is 0 Å². The largest absolute Gasteiger partial charge is 0.351 e. The van der Waals surface area contributed by atoms with Crippen LogP contribution in [0.4, 0.5) is 5.95 Å². The zero-order valence-electron chi connectivity index (χ0n) is 18.0. The van der Waals surface area contributed by atoms with Crippen molar-refractivity contribution in [2.24, 2.45) is 5.92 Å². The van der Waals surface area contributed by atoms with Crippen LogP contribution in [0.5, 0.6) is 0 Å². The molecule has 8 nitrogen and oxygen atoms in total. The van der Waals surface area contributed by atoms with E-state index in [1.54, 1.807) is 6.20 Å². The van der Waals surface area contributed by atoms with Crippen LogP contribution in [0.1, 0.15) is 38.5 Å². The summed E-state index contributed by atoms with van der Waals surface area (Å²) in [5, 5.41) is 8.75. The topological polar surface area (TPSA) is 91.2 Å². The van der Waals surface area contributed by atoms with Crippen LogP contribution in [0.2, 0.25) is 0 Å². The molecule has 4 aromatic rings. The highest BCUT2D eigenvalue weighted by Crippen LogP contribution is 2.31. The van der Waals surface area contributed by atoms with Gasteiger partial charge < -0.3 is 15.2 Å². The predicted octanol–water partition coefficient (Wildman–Crippen LogP) is 3.87. The fourth-order valence-corrected chi connectivity index (χ4v) is 5.17. The van der Waals surface area contributed by atoms with Crippen molar-refractivity contribution < 1.29 is 4.79 Å². The van der Waals surface area contributed by atoms with E-state index in [-0.39, 0.29) is 5.92 Å². The lowest BCUT2D eigenvalue weighted by atomic mass is 9.85. The van der Waals surface area contributed by atoms with Gasteiger partial charge in [-0.15, -0.1) is 0 Å². The zero-order valence-corrected chi connectivity index (χ0v) is 18.0. The Bertz CT molecular complexity index is 1260. The molecular weight excluding hydrogens is 402 g/mol. The van der Waals surface area contributed by atoms with Gasteiger partial charge in [-0.3, -0.25) is 4.79 Å². The number of nitrogens with one attached hydrogen (secondary N) is 2. The van der Waals surface area contributed by atoms with Crippen LogP contribution in [0, 0.1) is 5.92 Å². The fourth-order valence-electron chi connectivity index (χ4n) is 5.17. The van der Waals surface area contributed by atoms with Crippen molar-refractivity contribution in [2.75, 3.05) is 18.4 Å². The van der Waals surface area contributed by atoms with Gasteiger partial charge in [-0.1, -0.05) is 0 Å². The number of aromatic nitrogens is 5. The normalized spacial score (nSPS) is 21.4. The number of carbonyl (C=O) groups is 1. The van der Waals surface area contributed by atoms with Crippen molar-refractivity contribution in [3.8, 4) is 11.1 Å². The molecule has 0 radical (unpaired) electrons. The molecule has 2 fully saturated rings. The van der Waals surface area contributed by atoms with Crippen molar-refractivity contribution in [1.29, 1.82) is 0 Å². The number of amides is 1. The number of anilines is 1. The summed E-state index contributed by atoms with van der Waals surface area (Å²) in [6, 6.07) is 6.47. The van der Waals surface area contributed by atoms with E-state index in [0.29, 0.717) is 17.9 Å². The number of aromatic amines is 1. The summed E-state index contributed by atoms with van der Waals surface area (Å²) in [4.78, 5) is 27.3. The first-order valence-corrected chi connectivity index (χ1v) is 11.6. The lowest BCUT2D eigenvalue weighted by Gasteiger charge is -2.30. The molecule has 1 aliphatic carbocycles. The molecule has 0 aromatic carbocycles. The molecule has 0 unspecified atom stereocenters. The number of hydrogen-bond donors (Lipinski definition) is 2. The van der Waals surface area contributed by atoms with Crippen LogP contribution in [-0.2, 0) is 4.79 Å². The summed E-state index contributed by atoms with van der Waals surface area (Å²) in [6.07, 6.45) is 13.8. The van der Waals surface area contributed by atoms with Crippen LogP contribution in [0.3, 0.4) is 0 Å². The SMILES string of the molecule is O=C(C1CCC(Nc2ncc3c(-c4ccn5nccc5c4)c[nH]c3n2)CC1)N1CCCC1. The highest BCUT2D eigenvalue weighted by molar-refractivity contribution is 5.94. The van der Waals surface area contributed by atoms with Crippen LogP contribution < -0.4 is 5.32 Å². The number of rotatable bonds is 4. The van der Waals surface area contributed by atoms with Crippen LogP contribution in [0.25, 0.3) is 27.7 Å². The van der Waals surface area contributed by atoms with Crippen molar-refractivity contribution >= 4 is 28.4 Å². The Morgan fingerprint density at radius 1 is 1.12 bits per heavy atom. The lowest BCUT2D eigenvalue weighted by molar-refractivity contribution is -0.135. The highest BCUT2D eigenvalue weighted by atomic mass is 16.2. The number of fused-ring (bicyclic) bond motifs is 2. The van der Waals surface area contributed by atoms with Gasteiger partial charge in [-0.05, 0) is 62.3 Å². The van der Waals surface area contributed by atoms with E-state index in [4.69, 9.17) is 4.98 Å². The van der Waals surface area contributed by atoms with Gasteiger partial charge in [0.05, 0.1) is 5.52 Å². The van der Waals surface area contributed by atoms with Crippen molar-refractivity contribution in [3.63, 3.8) is 0 Å². The van der Waals surface area contributed by atoms with Crippen LogP contribution in [-0.4, -0.2) is 54.5 Å². The third-order valence-electron chi connectivity index (χ3n) is 6.97. The van der Waals surface area contributed by atoms with Gasteiger partial charge >= 0.3 is 0 Å². The number of hydrogen-bond acceptors (Lipinski definition) is 5. The molecule has 0 atom stereocenters. The van der Waals surface area contributed by atoms with Crippen molar-refractivity contribution in [2.45, 2.75) is 44.6 Å². The Morgan fingerprint density at radius 2 is 1.97 bits per heavy atom. The number of H-pyrrole nitrogens is 1. The molecular formula is C24H27N7O. The Morgan fingerprint density at radius 3 is 2.81 bits per heavy atom.